The van der Waals surface area contributed by atoms with Gasteiger partial charge in [-0.2, -0.15) is 0 Å². The van der Waals surface area contributed by atoms with Crippen molar-refractivity contribution in [3.8, 4) is 0 Å². The van der Waals surface area contributed by atoms with Crippen LogP contribution >= 0.6 is 11.6 Å². The van der Waals surface area contributed by atoms with Crippen LogP contribution in [0.3, 0.4) is 0 Å². The first-order valence-electron chi connectivity index (χ1n) is 7.37. The van der Waals surface area contributed by atoms with Crippen LogP contribution in [0.5, 0.6) is 0 Å². The van der Waals surface area contributed by atoms with Crippen molar-refractivity contribution in [3.05, 3.63) is 34.3 Å². The summed E-state index contributed by atoms with van der Waals surface area (Å²) >= 11 is 6.03. The molecule has 0 aromatic heterocycles. The maximum absolute atomic E-state index is 12.1. The van der Waals surface area contributed by atoms with Crippen molar-refractivity contribution in [2.45, 2.75) is 59.1 Å². The number of amides is 1. The average molecular weight is 326 g/mol. The Balaban J connectivity index is 2.46. The van der Waals surface area contributed by atoms with Gasteiger partial charge in [0, 0.05) is 23.0 Å². The van der Waals surface area contributed by atoms with Crippen molar-refractivity contribution >= 4 is 23.5 Å². The zero-order valence-electron chi connectivity index (χ0n) is 13.8. The van der Waals surface area contributed by atoms with E-state index in [1.54, 1.807) is 12.1 Å². The van der Waals surface area contributed by atoms with Crippen LogP contribution in [0.4, 0.5) is 4.79 Å². The normalized spacial score (nSPS) is 12.6. The second kappa shape index (κ2) is 7.63. The van der Waals surface area contributed by atoms with Crippen LogP contribution in [-0.4, -0.2) is 23.5 Å². The van der Waals surface area contributed by atoms with Crippen molar-refractivity contribution in [2.24, 2.45) is 0 Å². The van der Waals surface area contributed by atoms with Crippen LogP contribution < -0.4 is 5.32 Å². The molecule has 0 aliphatic heterocycles. The number of rotatable bonds is 5. The topological polar surface area (TPSA) is 55.4 Å². The number of ether oxygens (including phenoxy) is 1. The molecule has 0 spiro atoms. The Morgan fingerprint density at radius 3 is 2.50 bits per heavy atom. The van der Waals surface area contributed by atoms with E-state index in [0.29, 0.717) is 23.4 Å². The zero-order chi connectivity index (χ0) is 16.9. The Morgan fingerprint density at radius 2 is 1.95 bits per heavy atom. The molecule has 1 aromatic rings. The van der Waals surface area contributed by atoms with Crippen LogP contribution in [-0.2, 0) is 4.74 Å². The van der Waals surface area contributed by atoms with Gasteiger partial charge in [-0.1, -0.05) is 23.7 Å². The fraction of sp³-hybridized carbons (Fsp3) is 0.529. The van der Waals surface area contributed by atoms with E-state index in [9.17, 15) is 9.59 Å². The lowest BCUT2D eigenvalue weighted by Crippen LogP contribution is -2.37. The van der Waals surface area contributed by atoms with Crippen LogP contribution in [0.2, 0.25) is 5.02 Å². The van der Waals surface area contributed by atoms with Crippen LogP contribution in [0, 0.1) is 6.92 Å². The van der Waals surface area contributed by atoms with Crippen LogP contribution in [0.25, 0.3) is 0 Å². The standard InChI is InChI=1S/C17H24ClNO3/c1-11-6-8-13(10-14(11)18)15(20)9-7-12(2)19-16(21)22-17(3,4)5/h6,8,10,12H,7,9H2,1-5H3,(H,19,21). The number of benzene rings is 1. The van der Waals surface area contributed by atoms with Gasteiger partial charge in [0.15, 0.2) is 5.78 Å². The maximum Gasteiger partial charge on any atom is 0.407 e. The van der Waals surface area contributed by atoms with Gasteiger partial charge in [-0.3, -0.25) is 4.79 Å². The number of aryl methyl sites for hydroxylation is 1. The van der Waals surface area contributed by atoms with Crippen molar-refractivity contribution in [2.75, 3.05) is 0 Å². The first kappa shape index (κ1) is 18.5. The van der Waals surface area contributed by atoms with E-state index in [1.165, 1.54) is 0 Å². The highest BCUT2D eigenvalue weighted by Crippen LogP contribution is 2.18. The molecule has 22 heavy (non-hydrogen) atoms. The molecule has 4 nitrogen and oxygen atoms in total. The molecule has 0 fully saturated rings. The fourth-order valence-corrected chi connectivity index (χ4v) is 2.02. The molecular formula is C17H24ClNO3. The molecule has 0 bridgehead atoms. The molecule has 122 valence electrons. The third-order valence-corrected chi connectivity index (χ3v) is 3.47. The summed E-state index contributed by atoms with van der Waals surface area (Å²) < 4.78 is 5.18. The van der Waals surface area contributed by atoms with Gasteiger partial charge in [0.1, 0.15) is 5.60 Å². The highest BCUT2D eigenvalue weighted by atomic mass is 35.5. The van der Waals surface area contributed by atoms with Gasteiger partial charge in [0.25, 0.3) is 0 Å². The Kier molecular flexibility index (Phi) is 6.42. The molecular weight excluding hydrogens is 302 g/mol. The lowest BCUT2D eigenvalue weighted by molar-refractivity contribution is 0.0504. The van der Waals surface area contributed by atoms with E-state index < -0.39 is 11.7 Å². The molecule has 1 aromatic carbocycles. The molecule has 0 saturated heterocycles. The minimum atomic E-state index is -0.529. The summed E-state index contributed by atoms with van der Waals surface area (Å²) in [5.41, 5.74) is 1.01. The van der Waals surface area contributed by atoms with E-state index in [4.69, 9.17) is 16.3 Å². The van der Waals surface area contributed by atoms with E-state index in [2.05, 4.69) is 5.32 Å². The van der Waals surface area contributed by atoms with Crippen molar-refractivity contribution in [3.63, 3.8) is 0 Å². The van der Waals surface area contributed by atoms with Crippen LogP contribution in [0.1, 0.15) is 56.5 Å². The minimum absolute atomic E-state index is 0.0136. The summed E-state index contributed by atoms with van der Waals surface area (Å²) in [6, 6.07) is 5.15. The Bertz CT molecular complexity index is 549. The number of Topliss-reactive ketones (excluding diaryl/α,β-unsaturated/α-hetero) is 1. The van der Waals surface area contributed by atoms with Gasteiger partial charge in [0.05, 0.1) is 0 Å². The molecule has 0 aliphatic carbocycles. The van der Waals surface area contributed by atoms with E-state index in [-0.39, 0.29) is 11.8 Å². The van der Waals surface area contributed by atoms with E-state index in [0.717, 1.165) is 5.56 Å². The molecule has 1 atom stereocenters. The molecule has 0 saturated carbocycles. The van der Waals surface area contributed by atoms with Crippen molar-refractivity contribution in [1.29, 1.82) is 0 Å². The number of alkyl carbamates (subject to hydrolysis) is 1. The maximum atomic E-state index is 12.1. The quantitative estimate of drug-likeness (QED) is 0.809. The summed E-state index contributed by atoms with van der Waals surface area (Å²) in [6.45, 7) is 9.16. The minimum Gasteiger partial charge on any atom is -0.444 e. The van der Waals surface area contributed by atoms with Crippen molar-refractivity contribution < 1.29 is 14.3 Å². The first-order chi connectivity index (χ1) is 10.1. The Morgan fingerprint density at radius 1 is 1.32 bits per heavy atom. The number of nitrogens with one attached hydrogen (secondary N) is 1. The molecule has 1 N–H and O–H groups in total. The lowest BCUT2D eigenvalue weighted by atomic mass is 10.0. The second-order valence-corrected chi connectivity index (χ2v) is 6.88. The third kappa shape index (κ3) is 6.48. The van der Waals surface area contributed by atoms with Gasteiger partial charge in [-0.15, -0.1) is 0 Å². The molecule has 1 unspecified atom stereocenters. The second-order valence-electron chi connectivity index (χ2n) is 6.47. The molecule has 1 amide bonds. The molecule has 1 rings (SSSR count). The van der Waals surface area contributed by atoms with Gasteiger partial charge in [0.2, 0.25) is 0 Å². The highest BCUT2D eigenvalue weighted by Gasteiger charge is 2.18. The van der Waals surface area contributed by atoms with Crippen LogP contribution in [0.15, 0.2) is 18.2 Å². The number of halogens is 1. The lowest BCUT2D eigenvalue weighted by Gasteiger charge is -2.21. The summed E-state index contributed by atoms with van der Waals surface area (Å²) in [4.78, 5) is 23.8. The molecule has 0 aliphatic rings. The summed E-state index contributed by atoms with van der Waals surface area (Å²) in [7, 11) is 0. The van der Waals surface area contributed by atoms with Gasteiger partial charge < -0.3 is 10.1 Å². The summed E-state index contributed by atoms with van der Waals surface area (Å²) in [5.74, 6) is 0.0136. The van der Waals surface area contributed by atoms with E-state index in [1.807, 2.05) is 40.7 Å². The van der Waals surface area contributed by atoms with Gasteiger partial charge >= 0.3 is 6.09 Å². The van der Waals surface area contributed by atoms with Gasteiger partial charge in [-0.05, 0) is 52.7 Å². The number of hydrogen-bond acceptors (Lipinski definition) is 3. The number of ketones is 1. The first-order valence-corrected chi connectivity index (χ1v) is 7.75. The Hall–Kier alpha value is -1.55. The number of hydrogen-bond donors (Lipinski definition) is 1. The highest BCUT2D eigenvalue weighted by molar-refractivity contribution is 6.31. The van der Waals surface area contributed by atoms with Crippen molar-refractivity contribution in [1.82, 2.24) is 5.32 Å². The van der Waals surface area contributed by atoms with Gasteiger partial charge in [-0.25, -0.2) is 4.79 Å². The third-order valence-electron chi connectivity index (χ3n) is 3.06. The average Bonchev–Trinajstić information content (AvgIpc) is 2.36. The monoisotopic (exact) mass is 325 g/mol. The predicted molar refractivity (Wildman–Crippen MR) is 88.6 cm³/mol. The summed E-state index contributed by atoms with van der Waals surface area (Å²) in [6.07, 6.45) is 0.422. The smallest absolute Gasteiger partial charge is 0.407 e. The predicted octanol–water partition coefficient (Wildman–Crippen LogP) is 4.52. The zero-order valence-corrected chi connectivity index (χ0v) is 14.6. The largest absolute Gasteiger partial charge is 0.444 e. The van der Waals surface area contributed by atoms with E-state index >= 15 is 0 Å². The summed E-state index contributed by atoms with van der Waals surface area (Å²) in [5, 5.41) is 3.31. The number of carbonyl (C=O) groups excluding carboxylic acids is 2. The molecule has 0 radical (unpaired) electrons. The number of carbonyl (C=O) groups is 2. The fourth-order valence-electron chi connectivity index (χ4n) is 1.84. The molecule has 0 heterocycles. The Labute approximate surface area is 137 Å². The molecule has 5 heteroatoms. The SMILES string of the molecule is Cc1ccc(C(=O)CCC(C)NC(=O)OC(C)(C)C)cc1Cl.